The summed E-state index contributed by atoms with van der Waals surface area (Å²) in [5, 5.41) is 31.3. The molecule has 3 N–H and O–H groups in total. The first-order valence-corrected chi connectivity index (χ1v) is 7.63. The molecule has 0 unspecified atom stereocenters. The van der Waals surface area contributed by atoms with Gasteiger partial charge >= 0.3 is 0 Å². The van der Waals surface area contributed by atoms with Crippen molar-refractivity contribution < 1.29 is 15.3 Å². The van der Waals surface area contributed by atoms with Crippen molar-refractivity contribution in [2.24, 2.45) is 0 Å². The Hall–Kier alpha value is -2.94. The van der Waals surface area contributed by atoms with Gasteiger partial charge in [-0.25, -0.2) is 0 Å². The zero-order valence-corrected chi connectivity index (χ0v) is 12.2. The van der Waals surface area contributed by atoms with Crippen LogP contribution in [-0.2, 0) is 0 Å². The maximum atomic E-state index is 10.4. The number of rotatable bonds is 0. The van der Waals surface area contributed by atoms with Crippen molar-refractivity contribution in [2.75, 3.05) is 0 Å². The average molecular weight is 302 g/mol. The highest BCUT2D eigenvalue weighted by atomic mass is 16.3. The van der Waals surface area contributed by atoms with E-state index in [1.54, 1.807) is 18.2 Å². The third kappa shape index (κ3) is 1.39. The molecular weight excluding hydrogens is 288 g/mol. The highest BCUT2D eigenvalue weighted by molar-refractivity contribution is 5.74. The summed E-state index contributed by atoms with van der Waals surface area (Å²) in [6.07, 6.45) is 0. The molecule has 0 saturated heterocycles. The van der Waals surface area contributed by atoms with Gasteiger partial charge < -0.3 is 15.3 Å². The van der Waals surface area contributed by atoms with Crippen LogP contribution in [-0.4, -0.2) is 15.3 Å². The van der Waals surface area contributed by atoms with E-state index in [2.05, 4.69) is 0 Å². The summed E-state index contributed by atoms with van der Waals surface area (Å²) in [4.78, 5) is 0. The standard InChI is InChI=1S/C20H14O3/c21-13-7-3-6-12-17(13)16-10-4-1-8-14(22)18(10)20(12)19-11(16)5-2-9-15(19)23/h1-9,16,20-23H. The summed E-state index contributed by atoms with van der Waals surface area (Å²) >= 11 is 0. The van der Waals surface area contributed by atoms with Crippen molar-refractivity contribution in [1.82, 2.24) is 0 Å². The molecule has 112 valence electrons. The zero-order chi connectivity index (χ0) is 15.7. The number of benzene rings is 3. The summed E-state index contributed by atoms with van der Waals surface area (Å²) < 4.78 is 0. The summed E-state index contributed by atoms with van der Waals surface area (Å²) in [6, 6.07) is 16.5. The van der Waals surface area contributed by atoms with Gasteiger partial charge in [0.15, 0.2) is 0 Å². The van der Waals surface area contributed by atoms with Gasteiger partial charge in [0.25, 0.3) is 0 Å². The zero-order valence-electron chi connectivity index (χ0n) is 12.2. The largest absolute Gasteiger partial charge is 0.508 e. The first-order chi connectivity index (χ1) is 11.2. The molecular formula is C20H14O3. The van der Waals surface area contributed by atoms with Crippen LogP contribution in [0, 0.1) is 0 Å². The van der Waals surface area contributed by atoms with Gasteiger partial charge in [0.2, 0.25) is 0 Å². The molecule has 3 aromatic rings. The molecule has 0 fully saturated rings. The topological polar surface area (TPSA) is 60.7 Å². The fourth-order valence-corrected chi connectivity index (χ4v) is 4.34. The number of hydrogen-bond donors (Lipinski definition) is 3. The Morgan fingerprint density at radius 3 is 1.26 bits per heavy atom. The Kier molecular flexibility index (Phi) is 2.23. The van der Waals surface area contributed by atoms with Crippen molar-refractivity contribution in [3.8, 4) is 17.2 Å². The van der Waals surface area contributed by atoms with E-state index in [0.29, 0.717) is 0 Å². The van der Waals surface area contributed by atoms with Crippen LogP contribution in [0.1, 0.15) is 45.2 Å². The van der Waals surface area contributed by atoms with E-state index >= 15 is 0 Å². The van der Waals surface area contributed by atoms with Crippen molar-refractivity contribution in [2.45, 2.75) is 11.8 Å². The molecule has 3 nitrogen and oxygen atoms in total. The normalized spacial score (nSPS) is 19.8. The molecule has 0 saturated carbocycles. The predicted molar refractivity (Wildman–Crippen MR) is 86.2 cm³/mol. The summed E-state index contributed by atoms with van der Waals surface area (Å²) in [7, 11) is 0. The molecule has 0 heterocycles. The molecule has 23 heavy (non-hydrogen) atoms. The molecule has 0 aromatic heterocycles. The Morgan fingerprint density at radius 2 is 0.826 bits per heavy atom. The lowest BCUT2D eigenvalue weighted by Crippen LogP contribution is -2.27. The molecule has 0 aliphatic heterocycles. The lowest BCUT2D eigenvalue weighted by molar-refractivity contribution is 0.442. The fourth-order valence-electron chi connectivity index (χ4n) is 4.34. The monoisotopic (exact) mass is 302 g/mol. The van der Waals surface area contributed by atoms with Crippen molar-refractivity contribution in [3.05, 3.63) is 88.0 Å². The van der Waals surface area contributed by atoms with E-state index < -0.39 is 0 Å². The van der Waals surface area contributed by atoms with E-state index in [1.807, 2.05) is 36.4 Å². The summed E-state index contributed by atoms with van der Waals surface area (Å²) in [6.45, 7) is 0. The molecule has 3 aliphatic rings. The van der Waals surface area contributed by atoms with Crippen LogP contribution in [0.5, 0.6) is 17.2 Å². The smallest absolute Gasteiger partial charge is 0.120 e. The van der Waals surface area contributed by atoms with Gasteiger partial charge in [-0.1, -0.05) is 36.4 Å². The minimum Gasteiger partial charge on any atom is -0.508 e. The molecule has 2 bridgehead atoms. The Bertz CT molecular complexity index is 921. The van der Waals surface area contributed by atoms with Gasteiger partial charge in [-0.3, -0.25) is 0 Å². The van der Waals surface area contributed by atoms with Gasteiger partial charge in [0.05, 0.1) is 0 Å². The maximum absolute atomic E-state index is 10.4. The lowest BCUT2D eigenvalue weighted by Gasteiger charge is -2.42. The molecule has 3 heteroatoms. The van der Waals surface area contributed by atoms with Crippen LogP contribution in [0.3, 0.4) is 0 Å². The molecule has 0 radical (unpaired) electrons. The molecule has 0 atom stereocenters. The van der Waals surface area contributed by atoms with Gasteiger partial charge in [-0.2, -0.15) is 0 Å². The third-order valence-corrected chi connectivity index (χ3v) is 5.15. The minimum absolute atomic E-state index is 0.166. The molecule has 3 aromatic carbocycles. The summed E-state index contributed by atoms with van der Waals surface area (Å²) in [5.41, 5.74) is 5.52. The van der Waals surface area contributed by atoms with Crippen LogP contribution < -0.4 is 0 Å². The Labute approximate surface area is 133 Å². The minimum atomic E-state index is -0.255. The van der Waals surface area contributed by atoms with Gasteiger partial charge in [0.1, 0.15) is 17.2 Å². The number of phenolic OH excluding ortho intramolecular Hbond substituents is 3. The van der Waals surface area contributed by atoms with E-state index in [0.717, 1.165) is 33.4 Å². The number of hydrogen-bond acceptors (Lipinski definition) is 3. The van der Waals surface area contributed by atoms with E-state index in [9.17, 15) is 15.3 Å². The predicted octanol–water partition coefficient (Wildman–Crippen LogP) is 3.79. The second kappa shape index (κ2) is 4.07. The quantitative estimate of drug-likeness (QED) is 0.408. The highest BCUT2D eigenvalue weighted by Gasteiger charge is 2.45. The van der Waals surface area contributed by atoms with Crippen LogP contribution >= 0.6 is 0 Å². The van der Waals surface area contributed by atoms with Crippen molar-refractivity contribution >= 4 is 0 Å². The molecule has 0 spiro atoms. The van der Waals surface area contributed by atoms with Crippen molar-refractivity contribution in [3.63, 3.8) is 0 Å². The van der Waals surface area contributed by atoms with Gasteiger partial charge in [-0.05, 0) is 34.9 Å². The molecule has 6 rings (SSSR count). The maximum Gasteiger partial charge on any atom is 0.120 e. The SMILES string of the molecule is Oc1cccc2c1C1c3cccc(O)c3C2c2c(O)cccc21. The average Bonchev–Trinajstić information content (AvgIpc) is 2.55. The lowest BCUT2D eigenvalue weighted by atomic mass is 9.60. The summed E-state index contributed by atoms with van der Waals surface area (Å²) in [5.74, 6) is 0.316. The second-order valence-corrected chi connectivity index (χ2v) is 6.21. The van der Waals surface area contributed by atoms with Gasteiger partial charge in [0, 0.05) is 28.5 Å². The van der Waals surface area contributed by atoms with E-state index in [1.165, 1.54) is 0 Å². The second-order valence-electron chi connectivity index (χ2n) is 6.21. The van der Waals surface area contributed by atoms with Crippen LogP contribution in [0.4, 0.5) is 0 Å². The van der Waals surface area contributed by atoms with Crippen LogP contribution in [0.15, 0.2) is 54.6 Å². The first-order valence-electron chi connectivity index (χ1n) is 7.63. The first kappa shape index (κ1) is 12.6. The van der Waals surface area contributed by atoms with E-state index in [4.69, 9.17) is 0 Å². The Morgan fingerprint density at radius 1 is 0.478 bits per heavy atom. The van der Waals surface area contributed by atoms with Gasteiger partial charge in [-0.15, -0.1) is 0 Å². The van der Waals surface area contributed by atoms with E-state index in [-0.39, 0.29) is 29.1 Å². The van der Waals surface area contributed by atoms with Crippen LogP contribution in [0.2, 0.25) is 0 Å². The third-order valence-electron chi connectivity index (χ3n) is 5.15. The van der Waals surface area contributed by atoms with Crippen molar-refractivity contribution in [1.29, 1.82) is 0 Å². The fraction of sp³-hybridized carbons (Fsp3) is 0.100. The van der Waals surface area contributed by atoms with Crippen LogP contribution in [0.25, 0.3) is 0 Å². The number of aromatic hydroxyl groups is 3. The molecule has 3 aliphatic carbocycles. The molecule has 0 amide bonds. The number of phenols is 3. The Balaban J connectivity index is 1.97. The highest BCUT2D eigenvalue weighted by Crippen LogP contribution is 2.60.